The van der Waals surface area contributed by atoms with E-state index in [-0.39, 0.29) is 11.1 Å². The fraction of sp³-hybridized carbons (Fsp3) is 0.250. The van der Waals surface area contributed by atoms with E-state index in [1.807, 2.05) is 12.1 Å². The van der Waals surface area contributed by atoms with Crippen molar-refractivity contribution in [1.29, 1.82) is 0 Å². The molecule has 2 aromatic rings. The van der Waals surface area contributed by atoms with Gasteiger partial charge in [-0.05, 0) is 35.6 Å². The van der Waals surface area contributed by atoms with Gasteiger partial charge in [-0.25, -0.2) is 0 Å². The van der Waals surface area contributed by atoms with Gasteiger partial charge in [-0.1, -0.05) is 42.5 Å². The Bertz CT molecular complexity index is 625. The highest BCUT2D eigenvalue weighted by Crippen LogP contribution is 2.43. The molecule has 0 aliphatic heterocycles. The molecule has 1 fully saturated rings. The second kappa shape index (κ2) is 4.35. The number of alkyl halides is 3. The molecular formula is C16H14F3N. The normalized spacial score (nSPS) is 17.0. The first-order valence-electron chi connectivity index (χ1n) is 6.46. The first kappa shape index (κ1) is 13.2. The summed E-state index contributed by atoms with van der Waals surface area (Å²) in [4.78, 5) is 0. The lowest BCUT2D eigenvalue weighted by molar-refractivity contribution is -0.137. The Morgan fingerprint density at radius 2 is 1.50 bits per heavy atom. The van der Waals surface area contributed by atoms with Crippen LogP contribution in [-0.4, -0.2) is 0 Å². The van der Waals surface area contributed by atoms with Gasteiger partial charge < -0.3 is 5.73 Å². The van der Waals surface area contributed by atoms with Crippen molar-refractivity contribution in [1.82, 2.24) is 0 Å². The molecule has 0 heterocycles. The third-order valence-electron chi connectivity index (χ3n) is 3.79. The lowest BCUT2D eigenvalue weighted by Crippen LogP contribution is -2.18. The van der Waals surface area contributed by atoms with Gasteiger partial charge in [-0.3, -0.25) is 0 Å². The third kappa shape index (κ3) is 2.31. The fourth-order valence-electron chi connectivity index (χ4n) is 2.39. The molecular weight excluding hydrogens is 263 g/mol. The van der Waals surface area contributed by atoms with Crippen LogP contribution in [0, 0.1) is 0 Å². The van der Waals surface area contributed by atoms with Gasteiger partial charge in [-0.2, -0.15) is 13.2 Å². The molecule has 1 aliphatic rings. The van der Waals surface area contributed by atoms with Crippen LogP contribution in [0.4, 0.5) is 13.2 Å². The SMILES string of the molecule is NC1(c2ccc(-c3ccccc3C(F)(F)F)cc2)CC1. The molecule has 104 valence electrons. The largest absolute Gasteiger partial charge is 0.417 e. The van der Waals surface area contributed by atoms with Gasteiger partial charge in [0.2, 0.25) is 0 Å². The van der Waals surface area contributed by atoms with Crippen LogP contribution < -0.4 is 5.73 Å². The van der Waals surface area contributed by atoms with E-state index in [4.69, 9.17) is 5.73 Å². The van der Waals surface area contributed by atoms with Crippen molar-refractivity contribution >= 4 is 0 Å². The Morgan fingerprint density at radius 3 is 2.05 bits per heavy atom. The standard InChI is InChI=1S/C16H14F3N/c17-16(18,19)14-4-2-1-3-13(14)11-5-7-12(8-6-11)15(20)9-10-15/h1-8H,9-10,20H2. The number of halogens is 3. The van der Waals surface area contributed by atoms with Crippen LogP contribution in [0.3, 0.4) is 0 Å². The van der Waals surface area contributed by atoms with Crippen LogP contribution in [0.2, 0.25) is 0 Å². The highest BCUT2D eigenvalue weighted by atomic mass is 19.4. The van der Waals surface area contributed by atoms with Crippen molar-refractivity contribution in [3.8, 4) is 11.1 Å². The maximum atomic E-state index is 13.0. The Morgan fingerprint density at radius 1 is 0.900 bits per heavy atom. The Balaban J connectivity index is 2.01. The lowest BCUT2D eigenvalue weighted by atomic mass is 9.96. The number of nitrogens with two attached hydrogens (primary N) is 1. The highest BCUT2D eigenvalue weighted by Gasteiger charge is 2.40. The van der Waals surface area contributed by atoms with E-state index in [0.29, 0.717) is 5.56 Å². The second-order valence-electron chi connectivity index (χ2n) is 5.28. The van der Waals surface area contributed by atoms with Crippen LogP contribution >= 0.6 is 0 Å². The number of hydrogen-bond donors (Lipinski definition) is 1. The molecule has 0 bridgehead atoms. The molecule has 0 amide bonds. The van der Waals surface area contributed by atoms with Gasteiger partial charge in [0.05, 0.1) is 5.56 Å². The molecule has 0 spiro atoms. The van der Waals surface area contributed by atoms with Crippen molar-refractivity contribution in [2.24, 2.45) is 5.73 Å². The van der Waals surface area contributed by atoms with Crippen LogP contribution in [0.15, 0.2) is 48.5 Å². The van der Waals surface area contributed by atoms with Crippen LogP contribution in [0.5, 0.6) is 0 Å². The molecule has 0 radical (unpaired) electrons. The smallest absolute Gasteiger partial charge is 0.321 e. The minimum atomic E-state index is -4.35. The quantitative estimate of drug-likeness (QED) is 0.869. The Labute approximate surface area is 115 Å². The average molecular weight is 277 g/mol. The maximum Gasteiger partial charge on any atom is 0.417 e. The van der Waals surface area contributed by atoms with Crippen molar-refractivity contribution in [3.05, 3.63) is 59.7 Å². The predicted octanol–water partition coefficient (Wildman–Crippen LogP) is 4.32. The molecule has 1 nitrogen and oxygen atoms in total. The molecule has 0 atom stereocenters. The van der Waals surface area contributed by atoms with Crippen molar-refractivity contribution < 1.29 is 13.2 Å². The fourth-order valence-corrected chi connectivity index (χ4v) is 2.39. The van der Waals surface area contributed by atoms with Gasteiger partial charge in [0.25, 0.3) is 0 Å². The summed E-state index contributed by atoms with van der Waals surface area (Å²) >= 11 is 0. The summed E-state index contributed by atoms with van der Waals surface area (Å²) in [5.74, 6) is 0. The first-order chi connectivity index (χ1) is 9.40. The maximum absolute atomic E-state index is 13.0. The van der Waals surface area contributed by atoms with Crippen molar-refractivity contribution in [3.63, 3.8) is 0 Å². The van der Waals surface area contributed by atoms with Gasteiger partial charge >= 0.3 is 6.18 Å². The van der Waals surface area contributed by atoms with E-state index in [2.05, 4.69) is 0 Å². The molecule has 1 aliphatic carbocycles. The van der Waals surface area contributed by atoms with E-state index in [0.717, 1.165) is 24.5 Å². The lowest BCUT2D eigenvalue weighted by Gasteiger charge is -2.14. The van der Waals surface area contributed by atoms with Crippen LogP contribution in [0.25, 0.3) is 11.1 Å². The minimum absolute atomic E-state index is 0.202. The summed E-state index contributed by atoms with van der Waals surface area (Å²) in [6, 6.07) is 12.7. The molecule has 0 aromatic heterocycles. The second-order valence-corrected chi connectivity index (χ2v) is 5.28. The molecule has 0 unspecified atom stereocenters. The molecule has 0 saturated heterocycles. The zero-order valence-corrected chi connectivity index (χ0v) is 10.7. The van der Waals surface area contributed by atoms with Crippen LogP contribution in [0.1, 0.15) is 24.0 Å². The van der Waals surface area contributed by atoms with Crippen LogP contribution in [-0.2, 0) is 11.7 Å². The van der Waals surface area contributed by atoms with E-state index in [9.17, 15) is 13.2 Å². The van der Waals surface area contributed by atoms with Gasteiger partial charge in [0.15, 0.2) is 0 Å². The summed E-state index contributed by atoms with van der Waals surface area (Å²) < 4.78 is 39.0. The van der Waals surface area contributed by atoms with E-state index < -0.39 is 11.7 Å². The number of benzene rings is 2. The summed E-state index contributed by atoms with van der Waals surface area (Å²) in [6.45, 7) is 0. The van der Waals surface area contributed by atoms with Gasteiger partial charge in [0, 0.05) is 5.54 Å². The molecule has 1 saturated carbocycles. The molecule has 2 N–H and O–H groups in total. The summed E-state index contributed by atoms with van der Waals surface area (Å²) in [6.07, 6.45) is -2.47. The average Bonchev–Trinajstić information content (AvgIpc) is 3.17. The zero-order chi connectivity index (χ0) is 14.4. The third-order valence-corrected chi connectivity index (χ3v) is 3.79. The summed E-state index contributed by atoms with van der Waals surface area (Å²) in [5, 5.41) is 0. The molecule has 20 heavy (non-hydrogen) atoms. The molecule has 4 heteroatoms. The van der Waals surface area contributed by atoms with E-state index in [1.54, 1.807) is 18.2 Å². The first-order valence-corrected chi connectivity index (χ1v) is 6.46. The Kier molecular flexibility index (Phi) is 2.87. The summed E-state index contributed by atoms with van der Waals surface area (Å²) in [5.41, 5.74) is 6.96. The molecule has 2 aromatic carbocycles. The number of rotatable bonds is 2. The summed E-state index contributed by atoms with van der Waals surface area (Å²) in [7, 11) is 0. The molecule has 3 rings (SSSR count). The zero-order valence-electron chi connectivity index (χ0n) is 10.7. The highest BCUT2D eigenvalue weighted by molar-refractivity contribution is 5.68. The van der Waals surface area contributed by atoms with E-state index in [1.165, 1.54) is 12.1 Å². The topological polar surface area (TPSA) is 26.0 Å². The van der Waals surface area contributed by atoms with E-state index >= 15 is 0 Å². The minimum Gasteiger partial charge on any atom is -0.321 e. The van der Waals surface area contributed by atoms with Crippen molar-refractivity contribution in [2.45, 2.75) is 24.6 Å². The van der Waals surface area contributed by atoms with Gasteiger partial charge in [0.1, 0.15) is 0 Å². The van der Waals surface area contributed by atoms with Crippen molar-refractivity contribution in [2.75, 3.05) is 0 Å². The predicted molar refractivity (Wildman–Crippen MR) is 72.0 cm³/mol. The Hall–Kier alpha value is -1.81. The number of hydrogen-bond acceptors (Lipinski definition) is 1. The monoisotopic (exact) mass is 277 g/mol. The van der Waals surface area contributed by atoms with Gasteiger partial charge in [-0.15, -0.1) is 0 Å².